The molecule has 8 nitrogen and oxygen atoms in total. The van der Waals surface area contributed by atoms with E-state index in [0.29, 0.717) is 17.4 Å². The predicted octanol–water partition coefficient (Wildman–Crippen LogP) is 0.619. The molecule has 10 heteroatoms. The van der Waals surface area contributed by atoms with Crippen molar-refractivity contribution in [1.82, 2.24) is 29.4 Å². The number of fused-ring (bicyclic) bond motifs is 1. The van der Waals surface area contributed by atoms with Crippen molar-refractivity contribution < 1.29 is 0 Å². The summed E-state index contributed by atoms with van der Waals surface area (Å²) >= 11 is 0. The molecule has 2 N–H and O–H groups in total. The molecular formula is C14H25Cl2N7O. The first-order valence-corrected chi connectivity index (χ1v) is 7.73. The van der Waals surface area contributed by atoms with Gasteiger partial charge in [0.15, 0.2) is 0 Å². The maximum Gasteiger partial charge on any atom is 0.274 e. The van der Waals surface area contributed by atoms with Crippen molar-refractivity contribution in [1.29, 1.82) is 0 Å². The molecule has 1 fully saturated rings. The Kier molecular flexibility index (Phi) is 7.95. The van der Waals surface area contributed by atoms with E-state index >= 15 is 0 Å². The maximum absolute atomic E-state index is 11.8. The van der Waals surface area contributed by atoms with E-state index in [1.807, 2.05) is 0 Å². The quantitative estimate of drug-likeness (QED) is 0.743. The van der Waals surface area contributed by atoms with Gasteiger partial charge in [-0.05, 0) is 26.9 Å². The largest absolute Gasteiger partial charge is 0.355 e. The Morgan fingerprint density at radius 2 is 1.92 bits per heavy atom. The first-order chi connectivity index (χ1) is 10.6. The Morgan fingerprint density at radius 1 is 1.21 bits per heavy atom. The second-order valence-corrected chi connectivity index (χ2v) is 5.87. The molecule has 0 aromatic carbocycles. The third-order valence-electron chi connectivity index (χ3n) is 4.00. The monoisotopic (exact) mass is 377 g/mol. The van der Waals surface area contributed by atoms with E-state index in [-0.39, 0.29) is 30.4 Å². The van der Waals surface area contributed by atoms with Crippen LogP contribution in [0.25, 0.3) is 5.78 Å². The minimum atomic E-state index is -0.138. The standard InChI is InChI=1S/C14H23N7O.2ClH/c1-11-10-12(22)21-14(16-11)17-13(18-21)15-4-3-5-20-8-6-19(2)7-9-20;;/h10H,3-9H2,1-2H3,(H2,15,16,17,18);2*1H. The van der Waals surface area contributed by atoms with Gasteiger partial charge in [-0.3, -0.25) is 9.89 Å². The van der Waals surface area contributed by atoms with E-state index in [4.69, 9.17) is 0 Å². The van der Waals surface area contributed by atoms with E-state index in [1.54, 1.807) is 6.92 Å². The lowest BCUT2D eigenvalue weighted by Gasteiger charge is -2.32. The molecular weight excluding hydrogens is 353 g/mol. The van der Waals surface area contributed by atoms with E-state index in [2.05, 4.69) is 37.2 Å². The molecule has 0 bridgehead atoms. The number of halogens is 2. The molecule has 0 aliphatic carbocycles. The molecule has 0 radical (unpaired) electrons. The first-order valence-electron chi connectivity index (χ1n) is 7.73. The summed E-state index contributed by atoms with van der Waals surface area (Å²) in [5, 5.41) is 6.16. The molecule has 1 aliphatic rings. The zero-order chi connectivity index (χ0) is 15.5. The van der Waals surface area contributed by atoms with Crippen molar-refractivity contribution >= 4 is 36.5 Å². The number of H-pyrrole nitrogens is 1. The molecule has 3 heterocycles. The van der Waals surface area contributed by atoms with Gasteiger partial charge in [0.2, 0.25) is 5.95 Å². The van der Waals surface area contributed by atoms with Gasteiger partial charge in [-0.15, -0.1) is 24.8 Å². The summed E-state index contributed by atoms with van der Waals surface area (Å²) in [6.45, 7) is 8.26. The minimum Gasteiger partial charge on any atom is -0.355 e. The van der Waals surface area contributed by atoms with Crippen molar-refractivity contribution in [3.05, 3.63) is 22.1 Å². The van der Waals surface area contributed by atoms with Crippen molar-refractivity contribution in [2.45, 2.75) is 13.3 Å². The molecule has 2 aromatic heterocycles. The highest BCUT2D eigenvalue weighted by atomic mass is 35.5. The average molecular weight is 378 g/mol. The van der Waals surface area contributed by atoms with Crippen LogP contribution in [0.15, 0.2) is 10.9 Å². The summed E-state index contributed by atoms with van der Waals surface area (Å²) < 4.78 is 1.36. The molecule has 0 saturated carbocycles. The Balaban J connectivity index is 0.00000144. The summed E-state index contributed by atoms with van der Waals surface area (Å²) in [5.41, 5.74) is 0.540. The van der Waals surface area contributed by atoms with E-state index in [1.165, 1.54) is 10.6 Å². The maximum atomic E-state index is 11.8. The summed E-state index contributed by atoms with van der Waals surface area (Å²) in [6.07, 6.45) is 1.04. The number of piperazine rings is 1. The van der Waals surface area contributed by atoms with E-state index in [9.17, 15) is 4.79 Å². The minimum absolute atomic E-state index is 0. The number of nitrogens with zero attached hydrogens (tertiary/aromatic N) is 5. The van der Waals surface area contributed by atoms with Crippen LogP contribution in [0, 0.1) is 6.92 Å². The molecule has 0 unspecified atom stereocenters. The van der Waals surface area contributed by atoms with E-state index < -0.39 is 0 Å². The number of aromatic amines is 1. The lowest BCUT2D eigenvalue weighted by molar-refractivity contribution is 0.154. The van der Waals surface area contributed by atoms with Crippen molar-refractivity contribution in [3.63, 3.8) is 0 Å². The fourth-order valence-corrected chi connectivity index (χ4v) is 2.65. The summed E-state index contributed by atoms with van der Waals surface area (Å²) in [7, 11) is 2.16. The molecule has 2 aromatic rings. The van der Waals surface area contributed by atoms with Crippen LogP contribution in [0.2, 0.25) is 0 Å². The van der Waals surface area contributed by atoms with Crippen molar-refractivity contribution in [2.24, 2.45) is 0 Å². The van der Waals surface area contributed by atoms with Gasteiger partial charge in [0.05, 0.1) is 0 Å². The highest BCUT2D eigenvalue weighted by molar-refractivity contribution is 5.85. The summed E-state index contributed by atoms with van der Waals surface area (Å²) in [5.74, 6) is 1.00. The van der Waals surface area contributed by atoms with Gasteiger partial charge in [-0.2, -0.15) is 9.50 Å². The van der Waals surface area contributed by atoms with Gasteiger partial charge in [-0.1, -0.05) is 0 Å². The van der Waals surface area contributed by atoms with Gasteiger partial charge in [-0.25, -0.2) is 4.98 Å². The third-order valence-corrected chi connectivity index (χ3v) is 4.00. The molecule has 136 valence electrons. The van der Waals surface area contributed by atoms with Gasteiger partial charge in [0.1, 0.15) is 0 Å². The van der Waals surface area contributed by atoms with Crippen LogP contribution >= 0.6 is 24.8 Å². The third kappa shape index (κ3) is 5.07. The number of aromatic nitrogens is 4. The normalized spacial score (nSPS) is 15.8. The first kappa shape index (κ1) is 20.7. The topological polar surface area (TPSA) is 81.6 Å². The summed E-state index contributed by atoms with van der Waals surface area (Å²) in [4.78, 5) is 25.2. The number of hydrogen-bond acceptors (Lipinski definition) is 6. The fraction of sp³-hybridized carbons (Fsp3) is 0.643. The lowest BCUT2D eigenvalue weighted by Crippen LogP contribution is -2.44. The van der Waals surface area contributed by atoms with Crippen molar-refractivity contribution in [3.8, 4) is 0 Å². The zero-order valence-corrected chi connectivity index (χ0v) is 15.6. The molecule has 0 atom stereocenters. The second-order valence-electron chi connectivity index (χ2n) is 5.87. The zero-order valence-electron chi connectivity index (χ0n) is 14.0. The smallest absolute Gasteiger partial charge is 0.274 e. The predicted molar refractivity (Wildman–Crippen MR) is 99.9 cm³/mol. The van der Waals surface area contributed by atoms with Gasteiger partial charge < -0.3 is 15.1 Å². The summed E-state index contributed by atoms with van der Waals surface area (Å²) in [6, 6.07) is 1.49. The molecule has 0 spiro atoms. The molecule has 1 saturated heterocycles. The van der Waals surface area contributed by atoms with Gasteiger partial charge >= 0.3 is 0 Å². The van der Waals surface area contributed by atoms with Crippen LogP contribution in [0.1, 0.15) is 12.1 Å². The number of hydrogen-bond donors (Lipinski definition) is 2. The van der Waals surface area contributed by atoms with Crippen LogP contribution < -0.4 is 10.9 Å². The van der Waals surface area contributed by atoms with Crippen LogP contribution in [-0.4, -0.2) is 75.7 Å². The number of rotatable bonds is 5. The Hall–Kier alpha value is -1.35. The Morgan fingerprint density at radius 3 is 2.62 bits per heavy atom. The molecule has 0 amide bonds. The molecule has 1 aliphatic heterocycles. The molecule has 24 heavy (non-hydrogen) atoms. The number of anilines is 1. The van der Waals surface area contributed by atoms with Crippen LogP contribution in [0.3, 0.4) is 0 Å². The Labute approximate surface area is 153 Å². The van der Waals surface area contributed by atoms with Crippen LogP contribution in [0.5, 0.6) is 0 Å². The highest BCUT2D eigenvalue weighted by Crippen LogP contribution is 2.03. The van der Waals surface area contributed by atoms with Gasteiger partial charge in [0, 0.05) is 44.5 Å². The van der Waals surface area contributed by atoms with Crippen molar-refractivity contribution in [2.75, 3.05) is 51.6 Å². The van der Waals surface area contributed by atoms with E-state index in [0.717, 1.165) is 45.7 Å². The molecule has 3 rings (SSSR count). The SMILES string of the molecule is Cc1cc(=O)n2[nH]c(NCCCN3CCN(C)CC3)nc2n1.Cl.Cl. The second kappa shape index (κ2) is 9.22. The number of aryl methyl sites for hydroxylation is 1. The van der Waals surface area contributed by atoms with Crippen LogP contribution in [0.4, 0.5) is 5.95 Å². The number of likely N-dealkylation sites (N-methyl/N-ethyl adjacent to an activating group) is 1. The van der Waals surface area contributed by atoms with Crippen LogP contribution in [-0.2, 0) is 0 Å². The average Bonchev–Trinajstić information content (AvgIpc) is 2.88. The highest BCUT2D eigenvalue weighted by Gasteiger charge is 2.12. The fourth-order valence-electron chi connectivity index (χ4n) is 2.65. The van der Waals surface area contributed by atoms with Gasteiger partial charge in [0.25, 0.3) is 11.3 Å². The number of nitrogens with one attached hydrogen (secondary N) is 2. The lowest BCUT2D eigenvalue weighted by atomic mass is 10.3. The Bertz CT molecular complexity index is 694.